The Bertz CT molecular complexity index is 398. The Morgan fingerprint density at radius 3 is 2.42 bits per heavy atom. The number of carbonyl (C=O) groups is 3. The van der Waals surface area contributed by atoms with Crippen LogP contribution in [0.4, 0.5) is 0 Å². The largest absolute Gasteiger partial charge is 0.479 e. The lowest BCUT2D eigenvalue weighted by molar-refractivity contribution is -0.155. The summed E-state index contributed by atoms with van der Waals surface area (Å²) in [5.41, 5.74) is 5.26. The minimum absolute atomic E-state index is 0.227. The van der Waals surface area contributed by atoms with Crippen molar-refractivity contribution in [1.82, 2.24) is 4.90 Å². The van der Waals surface area contributed by atoms with Gasteiger partial charge in [0.25, 0.3) is 5.91 Å². The molecule has 0 aliphatic carbocycles. The predicted octanol–water partition coefficient (Wildman–Crippen LogP) is -0.657. The van der Waals surface area contributed by atoms with Gasteiger partial charge in [-0.05, 0) is 25.7 Å². The molecule has 2 aliphatic rings. The molecule has 0 radical (unpaired) electrons. The van der Waals surface area contributed by atoms with Gasteiger partial charge in [-0.25, -0.2) is 4.79 Å². The Morgan fingerprint density at radius 2 is 1.84 bits per heavy atom. The van der Waals surface area contributed by atoms with Gasteiger partial charge in [0.2, 0.25) is 5.91 Å². The van der Waals surface area contributed by atoms with Crippen molar-refractivity contribution in [3.63, 3.8) is 0 Å². The molecule has 3 N–H and O–H groups in total. The minimum Gasteiger partial charge on any atom is -0.479 e. The SMILES string of the molecule is NC(=O)C1CCCN(C(=O)[C@@H]2CC[C@H](C(=O)O)O2)C1. The van der Waals surface area contributed by atoms with Crippen LogP contribution in [0.1, 0.15) is 25.7 Å². The molecule has 0 aromatic rings. The van der Waals surface area contributed by atoms with Crippen molar-refractivity contribution in [3.8, 4) is 0 Å². The molecule has 0 bridgehead atoms. The fraction of sp³-hybridized carbons (Fsp3) is 0.750. The van der Waals surface area contributed by atoms with Gasteiger partial charge < -0.3 is 20.5 Å². The summed E-state index contributed by atoms with van der Waals surface area (Å²) in [6, 6.07) is 0. The van der Waals surface area contributed by atoms with Gasteiger partial charge in [0.15, 0.2) is 6.10 Å². The first-order valence-corrected chi connectivity index (χ1v) is 6.45. The number of amides is 2. The van der Waals surface area contributed by atoms with Crippen LogP contribution in [-0.4, -0.2) is 53.1 Å². The smallest absolute Gasteiger partial charge is 0.332 e. The number of ether oxygens (including phenoxy) is 1. The summed E-state index contributed by atoms with van der Waals surface area (Å²) in [5.74, 6) is -1.97. The quantitative estimate of drug-likeness (QED) is 0.707. The van der Waals surface area contributed by atoms with Crippen LogP contribution in [0.15, 0.2) is 0 Å². The van der Waals surface area contributed by atoms with Crippen LogP contribution in [0.25, 0.3) is 0 Å². The van der Waals surface area contributed by atoms with E-state index in [0.717, 1.165) is 6.42 Å². The number of primary amides is 1. The van der Waals surface area contributed by atoms with E-state index in [0.29, 0.717) is 32.4 Å². The third kappa shape index (κ3) is 3.04. The maximum atomic E-state index is 12.2. The Morgan fingerprint density at radius 1 is 1.16 bits per heavy atom. The van der Waals surface area contributed by atoms with Gasteiger partial charge in [-0.15, -0.1) is 0 Å². The lowest BCUT2D eigenvalue weighted by Crippen LogP contribution is -2.47. The van der Waals surface area contributed by atoms with E-state index in [4.69, 9.17) is 15.6 Å². The van der Waals surface area contributed by atoms with Gasteiger partial charge in [0.1, 0.15) is 6.10 Å². The van der Waals surface area contributed by atoms with Crippen molar-refractivity contribution in [3.05, 3.63) is 0 Å². The van der Waals surface area contributed by atoms with Gasteiger partial charge in [0.05, 0.1) is 5.92 Å². The zero-order valence-corrected chi connectivity index (χ0v) is 10.6. The van der Waals surface area contributed by atoms with E-state index in [2.05, 4.69) is 0 Å². The van der Waals surface area contributed by atoms with Crippen LogP contribution in [0, 0.1) is 5.92 Å². The van der Waals surface area contributed by atoms with Crippen LogP contribution < -0.4 is 5.73 Å². The van der Waals surface area contributed by atoms with Crippen molar-refractivity contribution < 1.29 is 24.2 Å². The van der Waals surface area contributed by atoms with Crippen molar-refractivity contribution in [2.24, 2.45) is 11.7 Å². The summed E-state index contributed by atoms with van der Waals surface area (Å²) < 4.78 is 5.23. The molecular weight excluding hydrogens is 252 g/mol. The standard InChI is InChI=1S/C12H18N2O5/c13-10(15)7-2-1-5-14(6-7)11(16)8-3-4-9(19-8)12(17)18/h7-9H,1-6H2,(H2,13,15)(H,17,18)/t7?,8-,9+/m0/s1. The van der Waals surface area contributed by atoms with E-state index in [1.54, 1.807) is 4.90 Å². The van der Waals surface area contributed by atoms with Crippen LogP contribution in [0.3, 0.4) is 0 Å². The molecule has 2 amide bonds. The fourth-order valence-corrected chi connectivity index (χ4v) is 2.61. The second-order valence-electron chi connectivity index (χ2n) is 5.05. The Balaban J connectivity index is 1.93. The maximum Gasteiger partial charge on any atom is 0.332 e. The highest BCUT2D eigenvalue weighted by atomic mass is 16.5. The molecule has 2 rings (SSSR count). The van der Waals surface area contributed by atoms with E-state index >= 15 is 0 Å². The summed E-state index contributed by atoms with van der Waals surface area (Å²) in [6.07, 6.45) is 0.585. The Labute approximate surface area is 110 Å². The third-order valence-corrected chi connectivity index (χ3v) is 3.71. The molecule has 2 heterocycles. The van der Waals surface area contributed by atoms with E-state index in [9.17, 15) is 14.4 Å². The molecule has 0 aromatic heterocycles. The monoisotopic (exact) mass is 270 g/mol. The summed E-state index contributed by atoms with van der Waals surface area (Å²) in [4.78, 5) is 35.7. The summed E-state index contributed by atoms with van der Waals surface area (Å²) in [7, 11) is 0. The number of hydrogen-bond acceptors (Lipinski definition) is 4. The molecule has 1 unspecified atom stereocenters. The van der Waals surface area contributed by atoms with Gasteiger partial charge in [0, 0.05) is 13.1 Å². The molecule has 3 atom stereocenters. The second kappa shape index (κ2) is 5.56. The number of rotatable bonds is 3. The van der Waals surface area contributed by atoms with Crippen molar-refractivity contribution >= 4 is 17.8 Å². The van der Waals surface area contributed by atoms with Gasteiger partial charge in [-0.1, -0.05) is 0 Å². The number of carbonyl (C=O) groups excluding carboxylic acids is 2. The summed E-state index contributed by atoms with van der Waals surface area (Å²) >= 11 is 0. The molecule has 7 heteroatoms. The normalized spacial score (nSPS) is 31.2. The first kappa shape index (κ1) is 13.8. The Kier molecular flexibility index (Phi) is 4.04. The molecule has 0 spiro atoms. The fourth-order valence-electron chi connectivity index (χ4n) is 2.61. The van der Waals surface area contributed by atoms with Crippen LogP contribution in [-0.2, 0) is 19.1 Å². The van der Waals surface area contributed by atoms with Gasteiger partial charge in [-0.3, -0.25) is 9.59 Å². The predicted molar refractivity (Wildman–Crippen MR) is 64.0 cm³/mol. The molecule has 7 nitrogen and oxygen atoms in total. The number of hydrogen-bond donors (Lipinski definition) is 2. The number of carboxylic acid groups (broad SMARTS) is 1. The Hall–Kier alpha value is -1.63. The number of nitrogens with two attached hydrogens (primary N) is 1. The topological polar surface area (TPSA) is 110 Å². The highest BCUT2D eigenvalue weighted by molar-refractivity contribution is 5.84. The summed E-state index contributed by atoms with van der Waals surface area (Å²) in [6.45, 7) is 0.881. The maximum absolute atomic E-state index is 12.2. The molecule has 0 aromatic carbocycles. The number of piperidine rings is 1. The molecule has 106 valence electrons. The van der Waals surface area contributed by atoms with Crippen molar-refractivity contribution in [1.29, 1.82) is 0 Å². The summed E-state index contributed by atoms with van der Waals surface area (Å²) in [5, 5.41) is 8.83. The van der Waals surface area contributed by atoms with E-state index in [1.807, 2.05) is 0 Å². The van der Waals surface area contributed by atoms with E-state index in [-0.39, 0.29) is 11.8 Å². The first-order chi connectivity index (χ1) is 8.99. The zero-order chi connectivity index (χ0) is 14.0. The molecular formula is C12H18N2O5. The first-order valence-electron chi connectivity index (χ1n) is 6.45. The molecule has 19 heavy (non-hydrogen) atoms. The number of aliphatic carboxylic acids is 1. The average molecular weight is 270 g/mol. The molecule has 0 saturated carbocycles. The molecule has 2 fully saturated rings. The number of likely N-dealkylation sites (tertiary alicyclic amines) is 1. The minimum atomic E-state index is -1.04. The van der Waals surface area contributed by atoms with E-state index in [1.165, 1.54) is 0 Å². The van der Waals surface area contributed by atoms with Crippen molar-refractivity contribution in [2.45, 2.75) is 37.9 Å². The van der Waals surface area contributed by atoms with Crippen molar-refractivity contribution in [2.75, 3.05) is 13.1 Å². The van der Waals surface area contributed by atoms with Gasteiger partial charge in [-0.2, -0.15) is 0 Å². The average Bonchev–Trinajstić information content (AvgIpc) is 2.87. The highest BCUT2D eigenvalue weighted by Crippen LogP contribution is 2.24. The highest BCUT2D eigenvalue weighted by Gasteiger charge is 2.38. The lowest BCUT2D eigenvalue weighted by atomic mass is 9.97. The van der Waals surface area contributed by atoms with Crippen LogP contribution >= 0.6 is 0 Å². The van der Waals surface area contributed by atoms with E-state index < -0.39 is 24.1 Å². The third-order valence-electron chi connectivity index (χ3n) is 3.71. The zero-order valence-electron chi connectivity index (χ0n) is 10.6. The number of carboxylic acids is 1. The molecule has 2 saturated heterocycles. The van der Waals surface area contributed by atoms with Crippen LogP contribution in [0.5, 0.6) is 0 Å². The second-order valence-corrected chi connectivity index (χ2v) is 5.05. The van der Waals surface area contributed by atoms with Crippen LogP contribution in [0.2, 0.25) is 0 Å². The molecule has 2 aliphatic heterocycles. The number of nitrogens with zero attached hydrogens (tertiary/aromatic N) is 1. The van der Waals surface area contributed by atoms with Gasteiger partial charge >= 0.3 is 5.97 Å². The lowest BCUT2D eigenvalue weighted by Gasteiger charge is -2.32.